The molecule has 0 aliphatic rings. The highest BCUT2D eigenvalue weighted by atomic mass is 16.4. The summed E-state index contributed by atoms with van der Waals surface area (Å²) in [4.78, 5) is 0. The summed E-state index contributed by atoms with van der Waals surface area (Å²) in [6, 6.07) is 0. The standard InChI is InChI=1S/C14H31NO5/c1-10(2)6-4-3-5-7-15-8-11(17)13(19)14(20)12(18)9-16/h10-20H,3-9H2,1-2H3/t11-,12+,13+,14+/m0/s1. The smallest absolute Gasteiger partial charge is 0.111 e. The largest absolute Gasteiger partial charge is 0.394 e. The first-order chi connectivity index (χ1) is 9.40. The number of rotatable bonds is 12. The molecule has 6 heteroatoms. The fourth-order valence-corrected chi connectivity index (χ4v) is 1.91. The van der Waals surface area contributed by atoms with Crippen LogP contribution >= 0.6 is 0 Å². The van der Waals surface area contributed by atoms with Crippen LogP contribution in [0, 0.1) is 5.92 Å². The van der Waals surface area contributed by atoms with E-state index in [2.05, 4.69) is 19.2 Å². The van der Waals surface area contributed by atoms with Crippen LogP contribution in [-0.2, 0) is 0 Å². The van der Waals surface area contributed by atoms with Crippen molar-refractivity contribution in [2.75, 3.05) is 19.7 Å². The number of hydrogen-bond acceptors (Lipinski definition) is 6. The van der Waals surface area contributed by atoms with Crippen LogP contribution in [0.5, 0.6) is 0 Å². The highest BCUT2D eigenvalue weighted by Gasteiger charge is 2.29. The van der Waals surface area contributed by atoms with Gasteiger partial charge in [0.1, 0.15) is 18.3 Å². The fraction of sp³-hybridized carbons (Fsp3) is 1.00. The predicted octanol–water partition coefficient (Wildman–Crippen LogP) is -0.772. The summed E-state index contributed by atoms with van der Waals surface area (Å²) in [7, 11) is 0. The molecule has 0 saturated heterocycles. The maximum atomic E-state index is 9.64. The minimum atomic E-state index is -1.55. The Morgan fingerprint density at radius 3 is 2.00 bits per heavy atom. The summed E-state index contributed by atoms with van der Waals surface area (Å²) in [5.74, 6) is 0.722. The van der Waals surface area contributed by atoms with Gasteiger partial charge in [0.2, 0.25) is 0 Å². The van der Waals surface area contributed by atoms with Crippen LogP contribution in [0.3, 0.4) is 0 Å². The van der Waals surface area contributed by atoms with E-state index in [0.717, 1.165) is 25.3 Å². The molecule has 0 bridgehead atoms. The first-order valence-corrected chi connectivity index (χ1v) is 7.44. The molecule has 0 aliphatic heterocycles. The number of unbranched alkanes of at least 4 members (excludes halogenated alkanes) is 2. The molecular weight excluding hydrogens is 262 g/mol. The molecule has 0 spiro atoms. The van der Waals surface area contributed by atoms with Crippen LogP contribution in [0.25, 0.3) is 0 Å². The molecule has 20 heavy (non-hydrogen) atoms. The Hall–Kier alpha value is -0.240. The zero-order valence-corrected chi connectivity index (χ0v) is 12.6. The van der Waals surface area contributed by atoms with Crippen molar-refractivity contribution < 1.29 is 25.5 Å². The van der Waals surface area contributed by atoms with Gasteiger partial charge in [-0.05, 0) is 18.9 Å². The lowest BCUT2D eigenvalue weighted by atomic mass is 10.0. The van der Waals surface area contributed by atoms with Crippen molar-refractivity contribution in [3.05, 3.63) is 0 Å². The monoisotopic (exact) mass is 293 g/mol. The topological polar surface area (TPSA) is 113 Å². The van der Waals surface area contributed by atoms with Crippen molar-refractivity contribution in [1.29, 1.82) is 0 Å². The Labute approximate surface area is 121 Å². The molecule has 4 atom stereocenters. The van der Waals surface area contributed by atoms with Gasteiger partial charge in [-0.2, -0.15) is 0 Å². The molecule has 0 aliphatic carbocycles. The summed E-state index contributed by atoms with van der Waals surface area (Å²) in [5.41, 5.74) is 0. The molecule has 0 amide bonds. The second kappa shape index (κ2) is 11.4. The van der Waals surface area contributed by atoms with E-state index in [9.17, 15) is 15.3 Å². The van der Waals surface area contributed by atoms with E-state index in [-0.39, 0.29) is 6.54 Å². The summed E-state index contributed by atoms with van der Waals surface area (Å²) in [5, 5.41) is 49.5. The van der Waals surface area contributed by atoms with Crippen molar-refractivity contribution in [2.24, 2.45) is 5.92 Å². The molecule has 6 N–H and O–H groups in total. The van der Waals surface area contributed by atoms with Gasteiger partial charge < -0.3 is 30.8 Å². The van der Waals surface area contributed by atoms with Gasteiger partial charge >= 0.3 is 0 Å². The Kier molecular flexibility index (Phi) is 11.3. The predicted molar refractivity (Wildman–Crippen MR) is 77.3 cm³/mol. The molecule has 0 rings (SSSR count). The maximum absolute atomic E-state index is 9.64. The van der Waals surface area contributed by atoms with Crippen molar-refractivity contribution in [1.82, 2.24) is 5.32 Å². The van der Waals surface area contributed by atoms with Gasteiger partial charge in [-0.25, -0.2) is 0 Å². The van der Waals surface area contributed by atoms with E-state index >= 15 is 0 Å². The third-order valence-corrected chi connectivity index (χ3v) is 3.31. The number of hydrogen-bond donors (Lipinski definition) is 6. The third kappa shape index (κ3) is 8.84. The van der Waals surface area contributed by atoms with Gasteiger partial charge in [-0.1, -0.05) is 33.1 Å². The average molecular weight is 293 g/mol. The molecule has 0 aromatic rings. The summed E-state index contributed by atoms with van der Waals surface area (Å²) < 4.78 is 0. The van der Waals surface area contributed by atoms with Crippen LogP contribution in [0.1, 0.15) is 39.5 Å². The van der Waals surface area contributed by atoms with Crippen LogP contribution in [0.2, 0.25) is 0 Å². The van der Waals surface area contributed by atoms with Crippen molar-refractivity contribution >= 4 is 0 Å². The first-order valence-electron chi connectivity index (χ1n) is 7.44. The fourth-order valence-electron chi connectivity index (χ4n) is 1.91. The molecule has 0 aromatic carbocycles. The van der Waals surface area contributed by atoms with Gasteiger partial charge in [0.25, 0.3) is 0 Å². The maximum Gasteiger partial charge on any atom is 0.111 e. The van der Waals surface area contributed by atoms with Gasteiger partial charge in [0.05, 0.1) is 12.7 Å². The van der Waals surface area contributed by atoms with Gasteiger partial charge in [0, 0.05) is 6.54 Å². The second-order valence-electron chi connectivity index (χ2n) is 5.75. The number of nitrogens with one attached hydrogen (secondary N) is 1. The second-order valence-corrected chi connectivity index (χ2v) is 5.75. The molecule has 6 nitrogen and oxygen atoms in total. The highest BCUT2D eigenvalue weighted by Crippen LogP contribution is 2.07. The third-order valence-electron chi connectivity index (χ3n) is 3.31. The lowest BCUT2D eigenvalue weighted by molar-refractivity contribution is -0.113. The normalized spacial score (nSPS) is 18.0. The first kappa shape index (κ1) is 19.8. The van der Waals surface area contributed by atoms with Gasteiger partial charge in [-0.3, -0.25) is 0 Å². The number of aliphatic hydroxyl groups excluding tert-OH is 5. The van der Waals surface area contributed by atoms with Crippen molar-refractivity contribution in [2.45, 2.75) is 63.9 Å². The molecular formula is C14H31NO5. The Bertz CT molecular complexity index is 228. The van der Waals surface area contributed by atoms with Crippen molar-refractivity contribution in [3.8, 4) is 0 Å². The lowest BCUT2D eigenvalue weighted by Crippen LogP contribution is -2.49. The summed E-state index contributed by atoms with van der Waals surface area (Å²) >= 11 is 0. The summed E-state index contributed by atoms with van der Waals surface area (Å²) in [6.45, 7) is 4.61. The lowest BCUT2D eigenvalue weighted by Gasteiger charge is -2.25. The van der Waals surface area contributed by atoms with E-state index in [0.29, 0.717) is 0 Å². The molecule has 0 heterocycles. The SMILES string of the molecule is CC(C)CCCCCNC[C@H](O)[C@@H](O)[C@H](O)[C@H](O)CO. The molecule has 122 valence electrons. The molecule has 0 saturated carbocycles. The Morgan fingerprint density at radius 2 is 1.45 bits per heavy atom. The van der Waals surface area contributed by atoms with E-state index in [1.165, 1.54) is 12.8 Å². The van der Waals surface area contributed by atoms with Crippen LogP contribution < -0.4 is 5.32 Å². The Morgan fingerprint density at radius 1 is 0.850 bits per heavy atom. The van der Waals surface area contributed by atoms with E-state index < -0.39 is 31.0 Å². The van der Waals surface area contributed by atoms with Crippen LogP contribution in [0.15, 0.2) is 0 Å². The zero-order valence-electron chi connectivity index (χ0n) is 12.6. The van der Waals surface area contributed by atoms with Crippen molar-refractivity contribution in [3.63, 3.8) is 0 Å². The van der Waals surface area contributed by atoms with Crippen LogP contribution in [0.4, 0.5) is 0 Å². The molecule has 0 unspecified atom stereocenters. The highest BCUT2D eigenvalue weighted by molar-refractivity contribution is 4.81. The average Bonchev–Trinajstić information content (AvgIpc) is 2.43. The van der Waals surface area contributed by atoms with E-state index in [1.54, 1.807) is 0 Å². The minimum Gasteiger partial charge on any atom is -0.394 e. The molecule has 0 radical (unpaired) electrons. The van der Waals surface area contributed by atoms with Gasteiger partial charge in [0.15, 0.2) is 0 Å². The quantitative estimate of drug-likeness (QED) is 0.263. The minimum absolute atomic E-state index is 0.139. The molecule has 0 aromatic heterocycles. The Balaban J connectivity index is 3.64. The zero-order chi connectivity index (χ0) is 15.5. The molecule has 0 fully saturated rings. The van der Waals surface area contributed by atoms with Crippen LogP contribution in [-0.4, -0.2) is 69.6 Å². The van der Waals surface area contributed by atoms with Gasteiger partial charge in [-0.15, -0.1) is 0 Å². The number of aliphatic hydroxyl groups is 5. The van der Waals surface area contributed by atoms with E-state index in [1.807, 2.05) is 0 Å². The van der Waals surface area contributed by atoms with E-state index in [4.69, 9.17) is 10.2 Å². The summed E-state index contributed by atoms with van der Waals surface area (Å²) in [6.07, 6.45) is -1.14.